The molecule has 0 radical (unpaired) electrons. The molecule has 1 atom stereocenters. The minimum absolute atomic E-state index is 0.158. The molecule has 1 unspecified atom stereocenters. The summed E-state index contributed by atoms with van der Waals surface area (Å²) in [5.74, 6) is 0. The Morgan fingerprint density at radius 1 is 1.33 bits per heavy atom. The number of halogens is 3. The number of benzene rings is 1. The standard InChI is InChI=1S/C11H14Cl3N/c1-8(12)7-15-5-4-9-2-3-10(13)6-11(9)14/h2-3,6,8,15H,4-5,7H2,1H3. The van der Waals surface area contributed by atoms with Crippen LogP contribution in [0.15, 0.2) is 18.2 Å². The number of hydrogen-bond donors (Lipinski definition) is 1. The van der Waals surface area contributed by atoms with Crippen molar-refractivity contribution in [2.45, 2.75) is 18.7 Å². The topological polar surface area (TPSA) is 12.0 Å². The third kappa shape index (κ3) is 5.07. The van der Waals surface area contributed by atoms with Crippen molar-refractivity contribution in [3.8, 4) is 0 Å². The predicted octanol–water partition coefficient (Wildman–Crippen LogP) is 3.75. The zero-order valence-electron chi connectivity index (χ0n) is 8.56. The van der Waals surface area contributed by atoms with Crippen LogP contribution in [0.1, 0.15) is 12.5 Å². The molecule has 0 aromatic heterocycles. The van der Waals surface area contributed by atoms with Crippen LogP contribution in [-0.2, 0) is 6.42 Å². The Kier molecular flexibility index (Phi) is 5.77. The van der Waals surface area contributed by atoms with Gasteiger partial charge >= 0.3 is 0 Å². The van der Waals surface area contributed by atoms with E-state index in [0.29, 0.717) is 5.02 Å². The fraction of sp³-hybridized carbons (Fsp3) is 0.455. The normalized spacial score (nSPS) is 12.8. The maximum absolute atomic E-state index is 6.03. The molecule has 0 aliphatic carbocycles. The Bertz CT molecular complexity index is 313. The second-order valence-electron chi connectivity index (χ2n) is 3.47. The molecule has 84 valence electrons. The molecule has 0 aliphatic rings. The minimum Gasteiger partial charge on any atom is -0.315 e. The number of nitrogens with one attached hydrogen (secondary N) is 1. The molecule has 0 fully saturated rings. The smallest absolute Gasteiger partial charge is 0.0453 e. The molecule has 0 saturated heterocycles. The molecule has 1 aromatic carbocycles. The lowest BCUT2D eigenvalue weighted by atomic mass is 10.1. The van der Waals surface area contributed by atoms with Gasteiger partial charge in [-0.05, 0) is 37.6 Å². The average molecular weight is 267 g/mol. The summed E-state index contributed by atoms with van der Waals surface area (Å²) in [6.45, 7) is 3.65. The van der Waals surface area contributed by atoms with E-state index in [-0.39, 0.29) is 5.38 Å². The van der Waals surface area contributed by atoms with Crippen molar-refractivity contribution in [2.75, 3.05) is 13.1 Å². The van der Waals surface area contributed by atoms with Crippen LogP contribution in [0.3, 0.4) is 0 Å². The minimum atomic E-state index is 0.158. The second kappa shape index (κ2) is 6.59. The summed E-state index contributed by atoms with van der Waals surface area (Å²) >= 11 is 17.6. The highest BCUT2D eigenvalue weighted by atomic mass is 35.5. The molecule has 1 aromatic rings. The van der Waals surface area contributed by atoms with Gasteiger partial charge in [0.1, 0.15) is 0 Å². The Labute approximate surface area is 106 Å². The van der Waals surface area contributed by atoms with Crippen LogP contribution < -0.4 is 5.32 Å². The SMILES string of the molecule is CC(Cl)CNCCc1ccc(Cl)cc1Cl. The molecule has 0 saturated carbocycles. The molecule has 1 rings (SSSR count). The van der Waals surface area contributed by atoms with E-state index in [4.69, 9.17) is 34.8 Å². The van der Waals surface area contributed by atoms with E-state index >= 15 is 0 Å². The van der Waals surface area contributed by atoms with Crippen LogP contribution in [0.4, 0.5) is 0 Å². The lowest BCUT2D eigenvalue weighted by molar-refractivity contribution is 0.675. The van der Waals surface area contributed by atoms with Crippen LogP contribution in [0, 0.1) is 0 Å². The molecule has 1 nitrogen and oxygen atoms in total. The molecular formula is C11H14Cl3N. The first kappa shape index (κ1) is 13.1. The van der Waals surface area contributed by atoms with Crippen LogP contribution >= 0.6 is 34.8 Å². The van der Waals surface area contributed by atoms with E-state index in [2.05, 4.69) is 5.32 Å². The van der Waals surface area contributed by atoms with Gasteiger partial charge < -0.3 is 5.32 Å². The first-order valence-corrected chi connectivity index (χ1v) is 6.07. The van der Waals surface area contributed by atoms with Gasteiger partial charge in [-0.15, -0.1) is 11.6 Å². The molecule has 0 bridgehead atoms. The fourth-order valence-corrected chi connectivity index (χ4v) is 1.86. The van der Waals surface area contributed by atoms with E-state index in [1.807, 2.05) is 19.1 Å². The number of rotatable bonds is 5. The first-order chi connectivity index (χ1) is 7.09. The van der Waals surface area contributed by atoms with Gasteiger partial charge in [0.15, 0.2) is 0 Å². The van der Waals surface area contributed by atoms with Crippen molar-refractivity contribution in [3.05, 3.63) is 33.8 Å². The Morgan fingerprint density at radius 2 is 2.07 bits per heavy atom. The fourth-order valence-electron chi connectivity index (χ4n) is 1.25. The van der Waals surface area contributed by atoms with Gasteiger partial charge in [0, 0.05) is 22.0 Å². The van der Waals surface area contributed by atoms with Crippen molar-refractivity contribution >= 4 is 34.8 Å². The summed E-state index contributed by atoms with van der Waals surface area (Å²) in [5.41, 5.74) is 1.11. The van der Waals surface area contributed by atoms with Crippen LogP contribution in [-0.4, -0.2) is 18.5 Å². The summed E-state index contributed by atoms with van der Waals surface area (Å²) in [5, 5.41) is 4.81. The van der Waals surface area contributed by atoms with Crippen molar-refractivity contribution in [1.82, 2.24) is 5.32 Å². The quantitative estimate of drug-likeness (QED) is 0.632. The first-order valence-electron chi connectivity index (χ1n) is 4.88. The van der Waals surface area contributed by atoms with Gasteiger partial charge in [0.2, 0.25) is 0 Å². The van der Waals surface area contributed by atoms with E-state index in [1.165, 1.54) is 0 Å². The summed E-state index contributed by atoms with van der Waals surface area (Å²) in [4.78, 5) is 0. The van der Waals surface area contributed by atoms with Gasteiger partial charge in [-0.3, -0.25) is 0 Å². The Hall–Kier alpha value is 0.0500. The Morgan fingerprint density at radius 3 is 2.67 bits per heavy atom. The van der Waals surface area contributed by atoms with E-state index in [9.17, 15) is 0 Å². The summed E-state index contributed by atoms with van der Waals surface area (Å²) in [6.07, 6.45) is 0.889. The maximum atomic E-state index is 6.03. The highest BCUT2D eigenvalue weighted by molar-refractivity contribution is 6.35. The lowest BCUT2D eigenvalue weighted by Crippen LogP contribution is -2.23. The molecule has 0 aliphatic heterocycles. The van der Waals surface area contributed by atoms with Gasteiger partial charge in [-0.1, -0.05) is 29.3 Å². The molecule has 0 amide bonds. The number of alkyl halides is 1. The highest BCUT2D eigenvalue weighted by Crippen LogP contribution is 2.20. The second-order valence-corrected chi connectivity index (χ2v) is 5.06. The third-order valence-electron chi connectivity index (χ3n) is 2.01. The van der Waals surface area contributed by atoms with E-state index < -0.39 is 0 Å². The van der Waals surface area contributed by atoms with Crippen molar-refractivity contribution in [2.24, 2.45) is 0 Å². The largest absolute Gasteiger partial charge is 0.315 e. The van der Waals surface area contributed by atoms with Gasteiger partial charge in [0.05, 0.1) is 0 Å². The molecule has 15 heavy (non-hydrogen) atoms. The number of hydrogen-bond acceptors (Lipinski definition) is 1. The molecule has 0 spiro atoms. The van der Waals surface area contributed by atoms with Crippen LogP contribution in [0.25, 0.3) is 0 Å². The van der Waals surface area contributed by atoms with Gasteiger partial charge in [0.25, 0.3) is 0 Å². The molecule has 1 N–H and O–H groups in total. The lowest BCUT2D eigenvalue weighted by Gasteiger charge is -2.07. The monoisotopic (exact) mass is 265 g/mol. The van der Waals surface area contributed by atoms with E-state index in [0.717, 1.165) is 30.1 Å². The van der Waals surface area contributed by atoms with Gasteiger partial charge in [-0.25, -0.2) is 0 Å². The Balaban J connectivity index is 2.37. The van der Waals surface area contributed by atoms with Crippen LogP contribution in [0.2, 0.25) is 10.0 Å². The summed E-state index contributed by atoms with van der Waals surface area (Å²) < 4.78 is 0. The molecule has 4 heteroatoms. The van der Waals surface area contributed by atoms with Gasteiger partial charge in [-0.2, -0.15) is 0 Å². The zero-order chi connectivity index (χ0) is 11.3. The third-order valence-corrected chi connectivity index (χ3v) is 2.75. The van der Waals surface area contributed by atoms with Crippen LogP contribution in [0.5, 0.6) is 0 Å². The van der Waals surface area contributed by atoms with Crippen molar-refractivity contribution < 1.29 is 0 Å². The van der Waals surface area contributed by atoms with Crippen molar-refractivity contribution in [3.63, 3.8) is 0 Å². The molecule has 0 heterocycles. The van der Waals surface area contributed by atoms with E-state index in [1.54, 1.807) is 6.07 Å². The van der Waals surface area contributed by atoms with Crippen molar-refractivity contribution in [1.29, 1.82) is 0 Å². The zero-order valence-corrected chi connectivity index (χ0v) is 10.8. The average Bonchev–Trinajstić information content (AvgIpc) is 2.14. The summed E-state index contributed by atoms with van der Waals surface area (Å²) in [6, 6.07) is 5.58. The summed E-state index contributed by atoms with van der Waals surface area (Å²) in [7, 11) is 0. The molecular weight excluding hydrogens is 252 g/mol. The maximum Gasteiger partial charge on any atom is 0.0453 e. The highest BCUT2D eigenvalue weighted by Gasteiger charge is 2.01. The predicted molar refractivity (Wildman–Crippen MR) is 68.4 cm³/mol.